The highest BCUT2D eigenvalue weighted by Gasteiger charge is 2.32. The second-order valence-corrected chi connectivity index (χ2v) is 7.48. The van der Waals surface area contributed by atoms with E-state index in [1.54, 1.807) is 18.2 Å². The van der Waals surface area contributed by atoms with Gasteiger partial charge in [-0.25, -0.2) is 0 Å². The highest BCUT2D eigenvalue weighted by molar-refractivity contribution is 7.80. The molecule has 0 aliphatic carbocycles. The van der Waals surface area contributed by atoms with Crippen molar-refractivity contribution in [1.82, 2.24) is 10.2 Å². The third-order valence-corrected chi connectivity index (χ3v) is 5.31. The van der Waals surface area contributed by atoms with Crippen LogP contribution in [0, 0.1) is 0 Å². The van der Waals surface area contributed by atoms with Crippen molar-refractivity contribution >= 4 is 51.3 Å². The van der Waals surface area contributed by atoms with Crippen LogP contribution in [-0.4, -0.2) is 41.5 Å². The Bertz CT molecular complexity index is 1150. The minimum absolute atomic E-state index is 0.191. The first-order valence-electron chi connectivity index (χ1n) is 9.96. The predicted octanol–water partition coefficient (Wildman–Crippen LogP) is 4.02. The van der Waals surface area contributed by atoms with Crippen LogP contribution in [0.2, 0.25) is 0 Å². The average molecular weight is 431 g/mol. The number of carbonyl (C=O) groups is 2. The molecule has 0 fully saturated rings. The lowest BCUT2D eigenvalue weighted by molar-refractivity contribution is 0.0629. The molecule has 0 spiro atoms. The first-order valence-corrected chi connectivity index (χ1v) is 10.4. The number of hydrogen-bond donors (Lipinski definition) is 3. The lowest BCUT2D eigenvalue weighted by atomic mass is 9.93. The van der Waals surface area contributed by atoms with Crippen molar-refractivity contribution in [1.29, 1.82) is 0 Å². The van der Waals surface area contributed by atoms with E-state index in [0.29, 0.717) is 34.7 Å². The van der Waals surface area contributed by atoms with E-state index in [2.05, 4.69) is 22.5 Å². The Kier molecular flexibility index (Phi) is 5.95. The summed E-state index contributed by atoms with van der Waals surface area (Å²) < 4.78 is 0. The van der Waals surface area contributed by atoms with Crippen molar-refractivity contribution in [3.63, 3.8) is 0 Å². The fraction of sp³-hybridized carbons (Fsp3) is 0.125. The predicted molar refractivity (Wildman–Crippen MR) is 129 cm³/mol. The Hall–Kier alpha value is -3.71. The second kappa shape index (κ2) is 8.97. The van der Waals surface area contributed by atoms with E-state index in [0.717, 1.165) is 16.8 Å². The second-order valence-electron chi connectivity index (χ2n) is 7.07. The Labute approximate surface area is 185 Å². The number of nitrogens with one attached hydrogen (secondary N) is 3. The lowest BCUT2D eigenvalue weighted by Crippen LogP contribution is -2.40. The third-order valence-electron chi connectivity index (χ3n) is 5.06. The van der Waals surface area contributed by atoms with Crippen LogP contribution in [0.3, 0.4) is 0 Å². The van der Waals surface area contributed by atoms with E-state index >= 15 is 0 Å². The van der Waals surface area contributed by atoms with Crippen molar-refractivity contribution in [3.05, 3.63) is 84.4 Å². The molecule has 0 radical (unpaired) electrons. The SMILES string of the molecule is C=CCN1C(=O)c2cccc3c(NCCNC(=S)Nc4ccccc4)ccc(c23)C1=O. The van der Waals surface area contributed by atoms with Gasteiger partial charge in [-0.2, -0.15) is 0 Å². The molecule has 7 heteroatoms. The Morgan fingerprint density at radius 3 is 2.42 bits per heavy atom. The highest BCUT2D eigenvalue weighted by Crippen LogP contribution is 2.34. The number of nitrogens with zero attached hydrogens (tertiary/aromatic N) is 1. The number of carbonyl (C=O) groups excluding carboxylic acids is 2. The summed E-state index contributed by atoms with van der Waals surface area (Å²) in [5.74, 6) is -0.585. The van der Waals surface area contributed by atoms with Crippen LogP contribution in [0.1, 0.15) is 20.7 Å². The van der Waals surface area contributed by atoms with Gasteiger partial charge in [-0.15, -0.1) is 6.58 Å². The molecule has 0 saturated heterocycles. The molecule has 0 saturated carbocycles. The van der Waals surface area contributed by atoms with Gasteiger partial charge in [-0.05, 0) is 42.5 Å². The van der Waals surface area contributed by atoms with E-state index in [1.807, 2.05) is 48.5 Å². The average Bonchev–Trinajstić information content (AvgIpc) is 2.79. The van der Waals surface area contributed by atoms with Crippen LogP contribution in [0.15, 0.2) is 73.3 Å². The van der Waals surface area contributed by atoms with Gasteiger partial charge in [0.15, 0.2) is 5.11 Å². The van der Waals surface area contributed by atoms with Crippen LogP contribution < -0.4 is 16.0 Å². The number of hydrogen-bond acceptors (Lipinski definition) is 4. The van der Waals surface area contributed by atoms with Gasteiger partial charge in [-0.1, -0.05) is 36.4 Å². The highest BCUT2D eigenvalue weighted by atomic mass is 32.1. The Morgan fingerprint density at radius 1 is 0.935 bits per heavy atom. The maximum atomic E-state index is 12.8. The summed E-state index contributed by atoms with van der Waals surface area (Å²) in [4.78, 5) is 26.8. The molecular formula is C24H22N4O2S. The smallest absolute Gasteiger partial charge is 0.261 e. The van der Waals surface area contributed by atoms with Gasteiger partial charge in [0.05, 0.1) is 0 Å². The molecule has 1 heterocycles. The van der Waals surface area contributed by atoms with Crippen molar-refractivity contribution in [3.8, 4) is 0 Å². The summed E-state index contributed by atoms with van der Waals surface area (Å²) in [6, 6.07) is 18.9. The largest absolute Gasteiger partial charge is 0.383 e. The van der Waals surface area contributed by atoms with Crippen LogP contribution in [-0.2, 0) is 0 Å². The van der Waals surface area contributed by atoms with Crippen molar-refractivity contribution < 1.29 is 9.59 Å². The molecule has 156 valence electrons. The van der Waals surface area contributed by atoms with Gasteiger partial charge < -0.3 is 16.0 Å². The molecule has 0 aromatic heterocycles. The van der Waals surface area contributed by atoms with Gasteiger partial charge in [0, 0.05) is 52.9 Å². The van der Waals surface area contributed by atoms with E-state index in [9.17, 15) is 9.59 Å². The zero-order valence-electron chi connectivity index (χ0n) is 16.9. The number of para-hydroxylation sites is 1. The number of rotatable bonds is 7. The summed E-state index contributed by atoms with van der Waals surface area (Å²) in [7, 11) is 0. The Balaban J connectivity index is 1.46. The number of anilines is 2. The van der Waals surface area contributed by atoms with Gasteiger partial charge in [0.25, 0.3) is 11.8 Å². The molecule has 31 heavy (non-hydrogen) atoms. The monoisotopic (exact) mass is 430 g/mol. The van der Waals surface area contributed by atoms with Gasteiger partial charge >= 0.3 is 0 Å². The quantitative estimate of drug-likeness (QED) is 0.228. The van der Waals surface area contributed by atoms with Crippen LogP contribution in [0.5, 0.6) is 0 Å². The molecule has 0 unspecified atom stereocenters. The van der Waals surface area contributed by atoms with Crippen LogP contribution >= 0.6 is 12.2 Å². The molecule has 6 nitrogen and oxygen atoms in total. The fourth-order valence-electron chi connectivity index (χ4n) is 3.67. The molecule has 2 amide bonds. The first-order chi connectivity index (χ1) is 15.1. The zero-order valence-corrected chi connectivity index (χ0v) is 17.7. The molecule has 0 atom stereocenters. The topological polar surface area (TPSA) is 73.5 Å². The fourth-order valence-corrected chi connectivity index (χ4v) is 3.89. The van der Waals surface area contributed by atoms with Crippen molar-refractivity contribution in [2.75, 3.05) is 30.3 Å². The third kappa shape index (κ3) is 4.13. The number of amides is 2. The molecule has 3 N–H and O–H groups in total. The minimum Gasteiger partial charge on any atom is -0.383 e. The summed E-state index contributed by atoms with van der Waals surface area (Å²) >= 11 is 5.32. The van der Waals surface area contributed by atoms with E-state index in [1.165, 1.54) is 4.90 Å². The lowest BCUT2D eigenvalue weighted by Gasteiger charge is -2.27. The van der Waals surface area contributed by atoms with Gasteiger partial charge in [-0.3, -0.25) is 14.5 Å². The molecular weight excluding hydrogens is 408 g/mol. The van der Waals surface area contributed by atoms with Crippen molar-refractivity contribution in [2.24, 2.45) is 0 Å². The maximum Gasteiger partial charge on any atom is 0.261 e. The Morgan fingerprint density at radius 2 is 1.68 bits per heavy atom. The van der Waals surface area contributed by atoms with Crippen molar-refractivity contribution in [2.45, 2.75) is 0 Å². The number of benzene rings is 3. The summed E-state index contributed by atoms with van der Waals surface area (Å²) in [5, 5.41) is 11.7. The number of imide groups is 1. The van der Waals surface area contributed by atoms with E-state index in [-0.39, 0.29) is 18.4 Å². The standard InChI is InChI=1S/C24H22N4O2S/c1-2-15-28-22(29)18-10-6-9-17-20(12-11-19(21(17)18)23(28)30)25-13-14-26-24(31)27-16-7-4-3-5-8-16/h2-12,25H,1,13-15H2,(H2,26,27,31). The van der Waals surface area contributed by atoms with E-state index in [4.69, 9.17) is 12.2 Å². The molecule has 3 aromatic rings. The molecule has 4 rings (SSSR count). The van der Waals surface area contributed by atoms with Crippen LogP contribution in [0.4, 0.5) is 11.4 Å². The van der Waals surface area contributed by atoms with Gasteiger partial charge in [0.2, 0.25) is 0 Å². The normalized spacial score (nSPS) is 12.6. The zero-order chi connectivity index (χ0) is 21.8. The van der Waals surface area contributed by atoms with Crippen LogP contribution in [0.25, 0.3) is 10.8 Å². The van der Waals surface area contributed by atoms with Gasteiger partial charge in [0.1, 0.15) is 0 Å². The number of thiocarbonyl (C=S) groups is 1. The molecule has 1 aliphatic heterocycles. The minimum atomic E-state index is -0.292. The maximum absolute atomic E-state index is 12.8. The summed E-state index contributed by atoms with van der Waals surface area (Å²) in [5.41, 5.74) is 2.85. The first kappa shape index (κ1) is 20.6. The molecule has 1 aliphatic rings. The summed E-state index contributed by atoms with van der Waals surface area (Å²) in [6.07, 6.45) is 1.56. The molecule has 3 aromatic carbocycles. The molecule has 0 bridgehead atoms. The van der Waals surface area contributed by atoms with E-state index < -0.39 is 0 Å². The summed E-state index contributed by atoms with van der Waals surface area (Å²) in [6.45, 7) is 5.05.